The van der Waals surface area contributed by atoms with Gasteiger partial charge in [0, 0.05) is 21.8 Å². The number of benzene rings is 2. The Morgan fingerprint density at radius 2 is 2.07 bits per heavy atom. The zero-order valence-electron chi connectivity index (χ0n) is 14.4. The number of hydrogen-bond donors (Lipinski definition) is 1. The Balaban J connectivity index is 1.64. The van der Waals surface area contributed by atoms with Gasteiger partial charge >= 0.3 is 0 Å². The third kappa shape index (κ3) is 4.87. The Bertz CT molecular complexity index is 985. The van der Waals surface area contributed by atoms with Gasteiger partial charge in [-0.2, -0.15) is 10.2 Å². The summed E-state index contributed by atoms with van der Waals surface area (Å²) in [5.41, 5.74) is 4.30. The molecule has 0 saturated heterocycles. The fourth-order valence-corrected chi connectivity index (χ4v) is 2.85. The molecule has 0 aliphatic rings. The molecule has 6 nitrogen and oxygen atoms in total. The largest absolute Gasteiger partial charge is 0.496 e. The maximum Gasteiger partial charge on any atom is 0.291 e. The minimum Gasteiger partial charge on any atom is -0.496 e. The van der Waals surface area contributed by atoms with Crippen molar-refractivity contribution in [2.75, 3.05) is 7.11 Å². The van der Waals surface area contributed by atoms with Crippen LogP contribution in [0.4, 0.5) is 0 Å². The third-order valence-electron chi connectivity index (χ3n) is 3.73. The summed E-state index contributed by atoms with van der Waals surface area (Å²) < 4.78 is 6.84. The number of nitrogens with one attached hydrogen (secondary N) is 1. The first-order valence-electron chi connectivity index (χ1n) is 8.00. The summed E-state index contributed by atoms with van der Waals surface area (Å²) in [6.45, 7) is 0.424. The number of rotatable bonds is 6. The van der Waals surface area contributed by atoms with E-state index in [0.29, 0.717) is 22.3 Å². The summed E-state index contributed by atoms with van der Waals surface area (Å²) in [6, 6.07) is 14.2. The maximum absolute atomic E-state index is 12.2. The Labute approximate surface area is 166 Å². The molecule has 1 aromatic heterocycles. The van der Waals surface area contributed by atoms with Gasteiger partial charge in [-0.25, -0.2) is 5.43 Å². The lowest BCUT2D eigenvalue weighted by molar-refractivity contribution is 0.0949. The van der Waals surface area contributed by atoms with Crippen LogP contribution in [0.15, 0.2) is 59.8 Å². The maximum atomic E-state index is 12.2. The first-order valence-corrected chi connectivity index (χ1v) is 8.76. The van der Waals surface area contributed by atoms with Crippen LogP contribution in [0.1, 0.15) is 21.6 Å². The third-order valence-corrected chi connectivity index (χ3v) is 4.32. The van der Waals surface area contributed by atoms with Gasteiger partial charge in [0.25, 0.3) is 5.91 Å². The van der Waals surface area contributed by atoms with Gasteiger partial charge < -0.3 is 4.74 Å². The molecule has 0 atom stereocenters. The molecule has 138 valence electrons. The second-order valence-corrected chi connectivity index (χ2v) is 6.42. The SMILES string of the molecule is COc1ccccc1C=NNC(=O)c1ccn(Cc2ccc(Cl)cc2Cl)n1. The number of aromatic nitrogens is 2. The van der Waals surface area contributed by atoms with Gasteiger partial charge in [0.05, 0.1) is 19.9 Å². The van der Waals surface area contributed by atoms with Crippen LogP contribution in [0.2, 0.25) is 10.0 Å². The van der Waals surface area contributed by atoms with Crippen LogP contribution in [0.5, 0.6) is 5.75 Å². The highest BCUT2D eigenvalue weighted by Gasteiger charge is 2.10. The standard InChI is InChI=1S/C19H16Cl2N4O2/c1-27-18-5-3-2-4-13(18)11-22-23-19(26)17-8-9-25(24-17)12-14-6-7-15(20)10-16(14)21/h2-11H,12H2,1H3,(H,23,26). The van der Waals surface area contributed by atoms with Crippen LogP contribution in [0.25, 0.3) is 0 Å². The fourth-order valence-electron chi connectivity index (χ4n) is 2.39. The lowest BCUT2D eigenvalue weighted by Gasteiger charge is -2.05. The predicted octanol–water partition coefficient (Wildman–Crippen LogP) is 4.01. The number of carbonyl (C=O) groups excluding carboxylic acids is 1. The summed E-state index contributed by atoms with van der Waals surface area (Å²) in [5.74, 6) is 0.252. The average Bonchev–Trinajstić information content (AvgIpc) is 3.13. The number of hydrogen-bond acceptors (Lipinski definition) is 4. The Kier molecular flexibility index (Phi) is 6.11. The van der Waals surface area contributed by atoms with Crippen molar-refractivity contribution in [1.82, 2.24) is 15.2 Å². The number of amides is 1. The van der Waals surface area contributed by atoms with E-state index in [1.165, 1.54) is 6.21 Å². The van der Waals surface area contributed by atoms with Crippen molar-refractivity contribution in [3.8, 4) is 5.75 Å². The second kappa shape index (κ2) is 8.70. The number of hydrazone groups is 1. The van der Waals surface area contributed by atoms with E-state index in [2.05, 4.69) is 15.6 Å². The van der Waals surface area contributed by atoms with Crippen molar-refractivity contribution in [3.05, 3.63) is 81.6 Å². The van der Waals surface area contributed by atoms with E-state index in [1.807, 2.05) is 30.3 Å². The Morgan fingerprint density at radius 3 is 2.85 bits per heavy atom. The van der Waals surface area contributed by atoms with Crippen LogP contribution in [0.3, 0.4) is 0 Å². The Morgan fingerprint density at radius 1 is 1.26 bits per heavy atom. The smallest absolute Gasteiger partial charge is 0.291 e. The topological polar surface area (TPSA) is 68.5 Å². The van der Waals surface area contributed by atoms with Crippen LogP contribution < -0.4 is 10.2 Å². The van der Waals surface area contributed by atoms with E-state index in [1.54, 1.807) is 36.2 Å². The van der Waals surface area contributed by atoms with Crippen LogP contribution in [-0.2, 0) is 6.54 Å². The quantitative estimate of drug-likeness (QED) is 0.500. The molecule has 3 rings (SSSR count). The van der Waals surface area contributed by atoms with Crippen molar-refractivity contribution in [2.24, 2.45) is 5.10 Å². The van der Waals surface area contributed by atoms with Crippen molar-refractivity contribution in [2.45, 2.75) is 6.54 Å². The number of carbonyl (C=O) groups is 1. The molecule has 8 heteroatoms. The molecule has 0 spiro atoms. The number of ether oxygens (including phenoxy) is 1. The molecular formula is C19H16Cl2N4O2. The van der Waals surface area contributed by atoms with E-state index < -0.39 is 5.91 Å². The first-order chi connectivity index (χ1) is 13.1. The van der Waals surface area contributed by atoms with Gasteiger partial charge in [-0.15, -0.1) is 0 Å². The molecule has 0 fully saturated rings. The highest BCUT2D eigenvalue weighted by atomic mass is 35.5. The highest BCUT2D eigenvalue weighted by molar-refractivity contribution is 6.35. The van der Waals surface area contributed by atoms with Gasteiger partial charge in [-0.1, -0.05) is 41.4 Å². The number of para-hydroxylation sites is 1. The Hall–Kier alpha value is -2.83. The minimum absolute atomic E-state index is 0.247. The minimum atomic E-state index is -0.415. The molecule has 0 aliphatic heterocycles. The van der Waals surface area contributed by atoms with Gasteiger partial charge in [-0.05, 0) is 35.9 Å². The zero-order valence-corrected chi connectivity index (χ0v) is 15.9. The fraction of sp³-hybridized carbons (Fsp3) is 0.105. The van der Waals surface area contributed by atoms with Crippen LogP contribution in [0, 0.1) is 0 Å². The summed E-state index contributed by atoms with van der Waals surface area (Å²) in [7, 11) is 1.57. The molecule has 1 amide bonds. The average molecular weight is 403 g/mol. The van der Waals surface area contributed by atoms with Gasteiger partial charge in [-0.3, -0.25) is 9.48 Å². The molecule has 0 radical (unpaired) electrons. The van der Waals surface area contributed by atoms with Gasteiger partial charge in [0.2, 0.25) is 0 Å². The van der Waals surface area contributed by atoms with E-state index in [9.17, 15) is 4.79 Å². The van der Waals surface area contributed by atoms with Crippen LogP contribution >= 0.6 is 23.2 Å². The van der Waals surface area contributed by atoms with E-state index >= 15 is 0 Å². The summed E-state index contributed by atoms with van der Waals surface area (Å²) in [6.07, 6.45) is 3.21. The molecule has 0 unspecified atom stereocenters. The molecule has 3 aromatic rings. The van der Waals surface area contributed by atoms with Crippen molar-refractivity contribution < 1.29 is 9.53 Å². The van der Waals surface area contributed by atoms with E-state index in [-0.39, 0.29) is 5.69 Å². The number of methoxy groups -OCH3 is 1. The number of nitrogens with zero attached hydrogens (tertiary/aromatic N) is 3. The van der Waals surface area contributed by atoms with Crippen LogP contribution in [-0.4, -0.2) is 29.0 Å². The highest BCUT2D eigenvalue weighted by Crippen LogP contribution is 2.21. The van der Waals surface area contributed by atoms with Crippen molar-refractivity contribution >= 4 is 35.3 Å². The first kappa shape index (κ1) is 18.9. The van der Waals surface area contributed by atoms with Crippen molar-refractivity contribution in [1.29, 1.82) is 0 Å². The van der Waals surface area contributed by atoms with Gasteiger partial charge in [0.1, 0.15) is 5.75 Å². The monoisotopic (exact) mass is 402 g/mol. The molecule has 1 heterocycles. The molecule has 1 N–H and O–H groups in total. The second-order valence-electron chi connectivity index (χ2n) is 5.58. The summed E-state index contributed by atoms with van der Waals surface area (Å²) in [5, 5.41) is 9.31. The predicted molar refractivity (Wildman–Crippen MR) is 106 cm³/mol. The number of halogens is 2. The molecular weight excluding hydrogens is 387 g/mol. The normalized spacial score (nSPS) is 10.9. The summed E-state index contributed by atoms with van der Waals surface area (Å²) >= 11 is 12.1. The van der Waals surface area contributed by atoms with E-state index in [4.69, 9.17) is 27.9 Å². The van der Waals surface area contributed by atoms with E-state index in [0.717, 1.165) is 11.1 Å². The zero-order chi connectivity index (χ0) is 19.2. The molecule has 0 bridgehead atoms. The molecule has 0 aliphatic carbocycles. The summed E-state index contributed by atoms with van der Waals surface area (Å²) in [4.78, 5) is 12.2. The van der Waals surface area contributed by atoms with Gasteiger partial charge in [0.15, 0.2) is 5.69 Å². The molecule has 2 aromatic carbocycles. The lowest BCUT2D eigenvalue weighted by Crippen LogP contribution is -2.18. The molecule has 0 saturated carbocycles. The molecule has 27 heavy (non-hydrogen) atoms. The lowest BCUT2D eigenvalue weighted by atomic mass is 10.2. The van der Waals surface area contributed by atoms with Crippen molar-refractivity contribution in [3.63, 3.8) is 0 Å².